The van der Waals surface area contributed by atoms with Crippen molar-refractivity contribution in [2.75, 3.05) is 28.4 Å². The fourth-order valence-electron chi connectivity index (χ4n) is 2.23. The molecule has 0 heterocycles. The Bertz CT molecular complexity index is 840. The van der Waals surface area contributed by atoms with Gasteiger partial charge in [-0.3, -0.25) is 0 Å². The van der Waals surface area contributed by atoms with Crippen molar-refractivity contribution in [3.63, 3.8) is 0 Å². The zero-order valence-electron chi connectivity index (χ0n) is 17.0. The van der Waals surface area contributed by atoms with Crippen molar-refractivity contribution in [1.82, 2.24) is 0 Å². The van der Waals surface area contributed by atoms with E-state index in [4.69, 9.17) is 18.9 Å². The summed E-state index contributed by atoms with van der Waals surface area (Å²) >= 11 is 0. The Morgan fingerprint density at radius 1 is 0.633 bits per heavy atom. The smallest absolute Gasteiger partial charge is 0.345 e. The zero-order valence-corrected chi connectivity index (χ0v) is 18.7. The van der Waals surface area contributed by atoms with Crippen LogP contribution in [0.1, 0.15) is 11.1 Å². The molecule has 30 heavy (non-hydrogen) atoms. The van der Waals surface area contributed by atoms with E-state index in [2.05, 4.69) is 0 Å². The minimum atomic E-state index is -0.503. The third kappa shape index (κ3) is 6.89. The molecule has 0 saturated heterocycles. The van der Waals surface area contributed by atoms with Gasteiger partial charge in [0.15, 0.2) is 0 Å². The van der Waals surface area contributed by atoms with Crippen molar-refractivity contribution < 1.29 is 28.5 Å². The van der Waals surface area contributed by atoms with Gasteiger partial charge in [0.2, 0.25) is 0 Å². The van der Waals surface area contributed by atoms with E-state index < -0.39 is 11.9 Å². The molecule has 2 aromatic rings. The Morgan fingerprint density at radius 2 is 0.967 bits per heavy atom. The number of rotatable bonds is 9. The lowest BCUT2D eigenvalue weighted by molar-refractivity contribution is -0.136. The van der Waals surface area contributed by atoms with Gasteiger partial charge in [-0.15, -0.1) is 0 Å². The summed E-state index contributed by atoms with van der Waals surface area (Å²) in [6.07, 6.45) is 3.37. The molecule has 0 unspecified atom stereocenters. The summed E-state index contributed by atoms with van der Waals surface area (Å²) in [6, 6.07) is 14.5. The van der Waals surface area contributed by atoms with Crippen LogP contribution in [0.15, 0.2) is 58.3 Å². The number of hydrogen-bond donors (Lipinski definition) is 0. The first-order valence-electron chi connectivity index (χ1n) is 8.73. The molecule has 8 heteroatoms. The van der Waals surface area contributed by atoms with Crippen LogP contribution in [-0.4, -0.2) is 40.4 Å². The Labute approximate surface area is 183 Å². The Balaban J connectivity index is 2.25. The van der Waals surface area contributed by atoms with Gasteiger partial charge < -0.3 is 18.9 Å². The van der Waals surface area contributed by atoms with Gasteiger partial charge in [-0.25, -0.2) is 9.59 Å². The van der Waals surface area contributed by atoms with E-state index in [0.29, 0.717) is 21.3 Å². The normalized spacial score (nSPS) is 11.6. The van der Waals surface area contributed by atoms with Crippen LogP contribution in [0.2, 0.25) is 0 Å². The summed E-state index contributed by atoms with van der Waals surface area (Å²) in [6.45, 7) is 0. The molecule has 0 bridgehead atoms. The Morgan fingerprint density at radius 3 is 1.23 bits per heavy atom. The largest absolute Gasteiger partial charge is 0.497 e. The number of hydrogen-bond acceptors (Lipinski definition) is 8. The second kappa shape index (κ2) is 12.0. The molecule has 6 nitrogen and oxygen atoms in total. The highest BCUT2D eigenvalue weighted by atomic mass is 33.1. The number of carbonyl (C=O) groups is 2. The van der Waals surface area contributed by atoms with E-state index in [0.717, 1.165) is 32.7 Å². The van der Waals surface area contributed by atoms with Gasteiger partial charge in [0.05, 0.1) is 28.4 Å². The van der Waals surface area contributed by atoms with Crippen molar-refractivity contribution in [3.8, 4) is 11.5 Å². The molecule has 0 radical (unpaired) electrons. The van der Waals surface area contributed by atoms with Gasteiger partial charge in [0.1, 0.15) is 21.3 Å². The summed E-state index contributed by atoms with van der Waals surface area (Å²) in [5.74, 6) is 0.419. The highest BCUT2D eigenvalue weighted by molar-refractivity contribution is 8.80. The van der Waals surface area contributed by atoms with Crippen LogP contribution in [0.4, 0.5) is 0 Å². The lowest BCUT2D eigenvalue weighted by atomic mass is 10.2. The minimum Gasteiger partial charge on any atom is -0.497 e. The van der Waals surface area contributed by atoms with E-state index in [-0.39, 0.29) is 0 Å². The van der Waals surface area contributed by atoms with Gasteiger partial charge in [-0.05, 0) is 69.1 Å². The molecule has 2 rings (SSSR count). The van der Waals surface area contributed by atoms with Crippen molar-refractivity contribution in [1.29, 1.82) is 0 Å². The molecule has 0 aromatic heterocycles. The van der Waals surface area contributed by atoms with Crippen LogP contribution < -0.4 is 9.47 Å². The van der Waals surface area contributed by atoms with Crippen molar-refractivity contribution in [2.45, 2.75) is 0 Å². The average molecular weight is 447 g/mol. The first-order chi connectivity index (χ1) is 14.5. The van der Waals surface area contributed by atoms with Crippen LogP contribution in [0, 0.1) is 0 Å². The predicted molar refractivity (Wildman–Crippen MR) is 121 cm³/mol. The first kappa shape index (κ1) is 23.4. The number of benzene rings is 2. The van der Waals surface area contributed by atoms with Crippen LogP contribution in [0.5, 0.6) is 11.5 Å². The number of methoxy groups -OCH3 is 4. The Kier molecular flexibility index (Phi) is 9.37. The molecule has 0 fully saturated rings. The van der Waals surface area contributed by atoms with Gasteiger partial charge in [-0.1, -0.05) is 24.3 Å². The molecule has 0 aliphatic heterocycles. The third-order valence-electron chi connectivity index (χ3n) is 3.82. The number of carbonyl (C=O) groups excluding carboxylic acids is 2. The fraction of sp³-hybridized carbons (Fsp3) is 0.182. The monoisotopic (exact) mass is 446 g/mol. The maximum Gasteiger partial charge on any atom is 0.345 e. The summed E-state index contributed by atoms with van der Waals surface area (Å²) in [4.78, 5) is 25.1. The van der Waals surface area contributed by atoms with E-state index in [9.17, 15) is 9.59 Å². The van der Waals surface area contributed by atoms with E-state index in [1.54, 1.807) is 50.6 Å². The molecule has 0 aliphatic carbocycles. The third-order valence-corrected chi connectivity index (χ3v) is 6.16. The maximum absolute atomic E-state index is 12.2. The SMILES string of the molecule is COC(=O)/C(=C\c1ccc(OC)cc1)SS/C(=C/c1ccc(OC)cc1)C(=O)OC. The molecule has 0 N–H and O–H groups in total. The van der Waals surface area contributed by atoms with Crippen molar-refractivity contribution in [2.24, 2.45) is 0 Å². The van der Waals surface area contributed by atoms with Crippen molar-refractivity contribution in [3.05, 3.63) is 69.5 Å². The number of esters is 2. The molecule has 0 spiro atoms. The molecule has 2 aromatic carbocycles. The molecule has 0 saturated carbocycles. The summed E-state index contributed by atoms with van der Waals surface area (Å²) in [5, 5.41) is 0. The highest BCUT2D eigenvalue weighted by Gasteiger charge is 2.17. The van der Waals surface area contributed by atoms with Gasteiger partial charge in [0, 0.05) is 0 Å². The predicted octanol–water partition coefficient (Wildman–Crippen LogP) is 4.81. The van der Waals surface area contributed by atoms with Gasteiger partial charge >= 0.3 is 11.9 Å². The zero-order chi connectivity index (χ0) is 21.9. The first-order valence-corrected chi connectivity index (χ1v) is 10.9. The second-order valence-electron chi connectivity index (χ2n) is 5.71. The highest BCUT2D eigenvalue weighted by Crippen LogP contribution is 2.39. The quantitative estimate of drug-likeness (QED) is 0.309. The topological polar surface area (TPSA) is 71.1 Å². The molecule has 158 valence electrons. The Hall–Kier alpha value is -2.84. The molecular formula is C22H22O6S2. The summed E-state index contributed by atoms with van der Waals surface area (Å²) in [7, 11) is 8.02. The summed E-state index contributed by atoms with van der Waals surface area (Å²) < 4.78 is 20.0. The average Bonchev–Trinajstić information content (AvgIpc) is 2.80. The fourth-order valence-corrected chi connectivity index (χ4v) is 4.31. The van der Waals surface area contributed by atoms with E-state index in [1.807, 2.05) is 24.3 Å². The lowest BCUT2D eigenvalue weighted by Gasteiger charge is -2.08. The van der Waals surface area contributed by atoms with E-state index >= 15 is 0 Å². The summed E-state index contributed by atoms with van der Waals surface area (Å²) in [5.41, 5.74) is 1.59. The second-order valence-corrected chi connectivity index (χ2v) is 7.93. The standard InChI is InChI=1S/C22H22O6S2/c1-25-17-9-5-15(6-10-17)13-19(21(23)27-3)29-30-20(22(24)28-4)14-16-7-11-18(26-2)12-8-16/h5-14H,1-4H3/b19-13+,20-14+. The number of ether oxygens (including phenoxy) is 4. The van der Waals surface area contributed by atoms with Gasteiger partial charge in [-0.2, -0.15) is 0 Å². The lowest BCUT2D eigenvalue weighted by Crippen LogP contribution is -2.03. The van der Waals surface area contributed by atoms with Crippen LogP contribution >= 0.6 is 21.6 Å². The minimum absolute atomic E-state index is 0.331. The van der Waals surface area contributed by atoms with Crippen LogP contribution in [0.3, 0.4) is 0 Å². The van der Waals surface area contributed by atoms with Gasteiger partial charge in [0.25, 0.3) is 0 Å². The molecule has 0 aliphatic rings. The van der Waals surface area contributed by atoms with E-state index in [1.165, 1.54) is 14.2 Å². The molecular weight excluding hydrogens is 424 g/mol. The van der Waals surface area contributed by atoms with Crippen molar-refractivity contribution >= 4 is 45.7 Å². The maximum atomic E-state index is 12.2. The molecule has 0 amide bonds. The van der Waals surface area contributed by atoms with Crippen LogP contribution in [0.25, 0.3) is 12.2 Å². The van der Waals surface area contributed by atoms with Crippen LogP contribution in [-0.2, 0) is 19.1 Å². The molecule has 0 atom stereocenters.